The average Bonchev–Trinajstić information content (AvgIpc) is 2.27. The normalized spacial score (nSPS) is 15.3. The molecular weight excluding hydrogens is 260 g/mol. The van der Waals surface area contributed by atoms with Crippen molar-refractivity contribution in [2.45, 2.75) is 37.6 Å². The third-order valence-corrected chi connectivity index (χ3v) is 4.19. The molecule has 0 aliphatic heterocycles. The molecule has 0 heterocycles. The number of hydrogen-bond acceptors (Lipinski definition) is 4. The molecular formula is C14H24N2O2S. The van der Waals surface area contributed by atoms with E-state index in [4.69, 9.17) is 5.73 Å². The lowest BCUT2D eigenvalue weighted by Gasteiger charge is -2.33. The van der Waals surface area contributed by atoms with Gasteiger partial charge >= 0.3 is 0 Å². The van der Waals surface area contributed by atoms with E-state index in [0.29, 0.717) is 23.0 Å². The van der Waals surface area contributed by atoms with Crippen molar-refractivity contribution in [1.29, 1.82) is 0 Å². The minimum atomic E-state index is -3.25. The number of hydrogen-bond donors (Lipinski definition) is 2. The van der Waals surface area contributed by atoms with Crippen LogP contribution in [0.15, 0.2) is 29.2 Å². The summed E-state index contributed by atoms with van der Waals surface area (Å²) in [5.41, 5.74) is 6.16. The van der Waals surface area contributed by atoms with E-state index in [9.17, 15) is 8.42 Å². The second-order valence-corrected chi connectivity index (χ2v) is 7.74. The Hall–Kier alpha value is -1.07. The lowest BCUT2D eigenvalue weighted by molar-refractivity contribution is 0.406. The Morgan fingerprint density at radius 2 is 1.89 bits per heavy atom. The van der Waals surface area contributed by atoms with Crippen LogP contribution >= 0.6 is 0 Å². The van der Waals surface area contributed by atoms with Gasteiger partial charge in [0.1, 0.15) is 0 Å². The first kappa shape index (κ1) is 16.0. The number of rotatable bonds is 6. The molecule has 1 unspecified atom stereocenters. The molecule has 5 heteroatoms. The van der Waals surface area contributed by atoms with Gasteiger partial charge in [-0.1, -0.05) is 26.0 Å². The number of benzene rings is 1. The zero-order chi connectivity index (χ0) is 14.7. The van der Waals surface area contributed by atoms with E-state index >= 15 is 0 Å². The van der Waals surface area contributed by atoms with Crippen LogP contribution in [0.4, 0.5) is 5.69 Å². The van der Waals surface area contributed by atoms with Gasteiger partial charge in [-0.3, -0.25) is 0 Å². The van der Waals surface area contributed by atoms with Crippen LogP contribution in [-0.2, 0) is 9.84 Å². The van der Waals surface area contributed by atoms with E-state index in [0.717, 1.165) is 6.42 Å². The van der Waals surface area contributed by atoms with Crippen LogP contribution in [0.2, 0.25) is 0 Å². The molecule has 1 rings (SSSR count). The van der Waals surface area contributed by atoms with Crippen LogP contribution in [0, 0.1) is 5.92 Å². The minimum Gasteiger partial charge on any atom is -0.378 e. The highest BCUT2D eigenvalue weighted by molar-refractivity contribution is 7.90. The van der Waals surface area contributed by atoms with Gasteiger partial charge < -0.3 is 11.1 Å². The molecule has 0 amide bonds. The van der Waals surface area contributed by atoms with Crippen molar-refractivity contribution >= 4 is 15.5 Å². The van der Waals surface area contributed by atoms with E-state index in [1.54, 1.807) is 18.2 Å². The summed E-state index contributed by atoms with van der Waals surface area (Å²) in [6, 6.07) is 6.95. The Kier molecular flexibility index (Phi) is 4.98. The summed E-state index contributed by atoms with van der Waals surface area (Å²) in [6.45, 7) is 6.71. The van der Waals surface area contributed by atoms with Crippen molar-refractivity contribution in [3.8, 4) is 0 Å². The van der Waals surface area contributed by atoms with Crippen molar-refractivity contribution in [3.63, 3.8) is 0 Å². The average molecular weight is 284 g/mol. The summed E-state index contributed by atoms with van der Waals surface area (Å²) in [5, 5.41) is 3.31. The van der Waals surface area contributed by atoms with Gasteiger partial charge in [-0.2, -0.15) is 0 Å². The zero-order valence-electron chi connectivity index (χ0n) is 12.1. The maximum atomic E-state index is 11.8. The molecule has 0 aliphatic carbocycles. The first-order valence-electron chi connectivity index (χ1n) is 6.45. The summed E-state index contributed by atoms with van der Waals surface area (Å²) < 4.78 is 23.6. The molecule has 0 spiro atoms. The van der Waals surface area contributed by atoms with E-state index in [2.05, 4.69) is 19.2 Å². The predicted octanol–water partition coefficient (Wildman–Crippen LogP) is 2.27. The molecule has 108 valence electrons. The van der Waals surface area contributed by atoms with Gasteiger partial charge in [0.15, 0.2) is 9.84 Å². The van der Waals surface area contributed by atoms with Crippen LogP contribution in [0.3, 0.4) is 0 Å². The summed E-state index contributed by atoms with van der Waals surface area (Å²) in [7, 11) is -3.25. The molecule has 3 N–H and O–H groups in total. The second-order valence-electron chi connectivity index (χ2n) is 5.76. The number of nitrogens with one attached hydrogen (secondary N) is 1. The molecule has 19 heavy (non-hydrogen) atoms. The summed E-state index contributed by atoms with van der Waals surface area (Å²) >= 11 is 0. The molecule has 1 atom stereocenters. The maximum absolute atomic E-state index is 11.8. The van der Waals surface area contributed by atoms with Gasteiger partial charge in [0.2, 0.25) is 0 Å². The molecule has 1 aromatic carbocycles. The van der Waals surface area contributed by atoms with Gasteiger partial charge in [0.25, 0.3) is 0 Å². The Morgan fingerprint density at radius 3 is 2.37 bits per heavy atom. The van der Waals surface area contributed by atoms with Gasteiger partial charge in [0.05, 0.1) is 10.6 Å². The monoisotopic (exact) mass is 284 g/mol. The van der Waals surface area contributed by atoms with Crippen LogP contribution in [0.1, 0.15) is 27.2 Å². The fourth-order valence-electron chi connectivity index (χ4n) is 2.30. The van der Waals surface area contributed by atoms with Crippen molar-refractivity contribution in [1.82, 2.24) is 0 Å². The summed E-state index contributed by atoms with van der Waals surface area (Å²) in [6.07, 6.45) is 2.09. The predicted molar refractivity (Wildman–Crippen MR) is 80.1 cm³/mol. The van der Waals surface area contributed by atoms with E-state index in [1.165, 1.54) is 6.26 Å². The molecule has 0 saturated heterocycles. The highest BCUT2D eigenvalue weighted by atomic mass is 32.2. The molecule has 4 nitrogen and oxygen atoms in total. The largest absolute Gasteiger partial charge is 0.378 e. The first-order chi connectivity index (χ1) is 8.68. The minimum absolute atomic E-state index is 0.311. The molecule has 0 bridgehead atoms. The van der Waals surface area contributed by atoms with Gasteiger partial charge in [0, 0.05) is 18.3 Å². The van der Waals surface area contributed by atoms with E-state index < -0.39 is 9.84 Å². The Labute approximate surface area is 116 Å². The summed E-state index contributed by atoms with van der Waals surface area (Å²) in [4.78, 5) is 0.318. The fourth-order valence-corrected chi connectivity index (χ4v) is 3.15. The molecule has 0 radical (unpaired) electrons. The van der Waals surface area contributed by atoms with Crippen LogP contribution < -0.4 is 11.1 Å². The first-order valence-corrected chi connectivity index (χ1v) is 8.34. The van der Waals surface area contributed by atoms with Gasteiger partial charge in [-0.25, -0.2) is 8.42 Å². The van der Waals surface area contributed by atoms with Crippen LogP contribution in [-0.4, -0.2) is 26.8 Å². The third kappa shape index (κ3) is 4.51. The second kappa shape index (κ2) is 5.92. The van der Waals surface area contributed by atoms with E-state index in [1.807, 2.05) is 13.0 Å². The quantitative estimate of drug-likeness (QED) is 0.840. The van der Waals surface area contributed by atoms with Crippen molar-refractivity contribution in [3.05, 3.63) is 24.3 Å². The standard InChI is InChI=1S/C14H24N2O2S/c1-11(2)9-14(3,10-15)16-12-7-5-6-8-13(12)19(4,17)18/h5-8,11,16H,9-10,15H2,1-4H3. The maximum Gasteiger partial charge on any atom is 0.177 e. The molecule has 0 saturated carbocycles. The number of para-hydroxylation sites is 1. The molecule has 1 aromatic rings. The van der Waals surface area contributed by atoms with Crippen molar-refractivity contribution in [2.24, 2.45) is 11.7 Å². The van der Waals surface area contributed by atoms with Crippen molar-refractivity contribution in [2.75, 3.05) is 18.1 Å². The number of anilines is 1. The zero-order valence-corrected chi connectivity index (χ0v) is 12.9. The highest BCUT2D eigenvalue weighted by Gasteiger charge is 2.25. The van der Waals surface area contributed by atoms with Crippen LogP contribution in [0.5, 0.6) is 0 Å². The number of nitrogens with two attached hydrogens (primary N) is 1. The highest BCUT2D eigenvalue weighted by Crippen LogP contribution is 2.27. The smallest absolute Gasteiger partial charge is 0.177 e. The molecule has 0 aromatic heterocycles. The lowest BCUT2D eigenvalue weighted by Crippen LogP contribution is -2.43. The fraction of sp³-hybridized carbons (Fsp3) is 0.571. The topological polar surface area (TPSA) is 72.2 Å². The SMILES string of the molecule is CC(C)CC(C)(CN)Nc1ccccc1S(C)(=O)=O. The van der Waals surface area contributed by atoms with Gasteiger partial charge in [-0.15, -0.1) is 0 Å². The number of sulfone groups is 1. The third-order valence-electron chi connectivity index (χ3n) is 3.03. The van der Waals surface area contributed by atoms with Crippen molar-refractivity contribution < 1.29 is 8.42 Å². The Balaban J connectivity index is 3.11. The summed E-state index contributed by atoms with van der Waals surface area (Å²) in [5.74, 6) is 0.478. The van der Waals surface area contributed by atoms with E-state index in [-0.39, 0.29) is 5.54 Å². The van der Waals surface area contributed by atoms with Gasteiger partial charge in [-0.05, 0) is 31.4 Å². The lowest BCUT2D eigenvalue weighted by atomic mass is 9.90. The Morgan fingerprint density at radius 1 is 1.32 bits per heavy atom. The Bertz CT molecular complexity index is 526. The molecule has 0 fully saturated rings. The van der Waals surface area contributed by atoms with Crippen LogP contribution in [0.25, 0.3) is 0 Å². The molecule has 0 aliphatic rings.